The van der Waals surface area contributed by atoms with Gasteiger partial charge in [0.25, 0.3) is 0 Å². The Morgan fingerprint density at radius 3 is 1.28 bits per heavy atom. The van der Waals surface area contributed by atoms with E-state index in [1.165, 1.54) is 48.9 Å². The maximum absolute atomic E-state index is 5.00. The second-order valence-electron chi connectivity index (χ2n) is 14.7. The molecule has 0 saturated heterocycles. The first-order valence-corrected chi connectivity index (χ1v) is 19.3. The molecule has 7 aromatic carbocycles. The van der Waals surface area contributed by atoms with Gasteiger partial charge in [0.2, 0.25) is 0 Å². The highest BCUT2D eigenvalue weighted by atomic mass is 15.1. The van der Waals surface area contributed by atoms with Crippen LogP contribution in [-0.4, -0.2) is 23.7 Å². The van der Waals surface area contributed by atoms with Gasteiger partial charge in [0, 0.05) is 61.6 Å². The van der Waals surface area contributed by atoms with Crippen molar-refractivity contribution < 1.29 is 0 Å². The molecular formula is C52H33N5. The van der Waals surface area contributed by atoms with Gasteiger partial charge in [0.1, 0.15) is 5.82 Å². The van der Waals surface area contributed by atoms with Crippen molar-refractivity contribution in [1.82, 2.24) is 23.7 Å². The van der Waals surface area contributed by atoms with Crippen LogP contribution in [0.1, 0.15) is 0 Å². The van der Waals surface area contributed by atoms with E-state index < -0.39 is 0 Å². The monoisotopic (exact) mass is 727 g/mol. The van der Waals surface area contributed by atoms with Crippen molar-refractivity contribution in [1.29, 1.82) is 0 Å². The molecule has 12 rings (SSSR count). The van der Waals surface area contributed by atoms with Crippen LogP contribution in [0.25, 0.3) is 105 Å². The summed E-state index contributed by atoms with van der Waals surface area (Å²) in [7, 11) is 0. The molecule has 0 bridgehead atoms. The molecule has 5 heteroatoms. The minimum absolute atomic E-state index is 0.875. The van der Waals surface area contributed by atoms with Crippen molar-refractivity contribution in [3.8, 4) is 39.6 Å². The lowest BCUT2D eigenvalue weighted by Crippen LogP contribution is -1.99. The summed E-state index contributed by atoms with van der Waals surface area (Å²) in [6.45, 7) is 0. The Bertz CT molecular complexity index is 3460. The average molecular weight is 728 g/mol. The molecule has 5 aromatic heterocycles. The van der Waals surface area contributed by atoms with Crippen LogP contribution in [0.5, 0.6) is 0 Å². The van der Waals surface area contributed by atoms with Gasteiger partial charge in [-0.15, -0.1) is 0 Å². The maximum Gasteiger partial charge on any atom is 0.138 e. The zero-order valence-electron chi connectivity index (χ0n) is 30.8. The fourth-order valence-electron chi connectivity index (χ4n) is 9.01. The van der Waals surface area contributed by atoms with Crippen LogP contribution in [0.4, 0.5) is 0 Å². The molecule has 0 saturated carbocycles. The van der Waals surface area contributed by atoms with Crippen LogP contribution in [0.3, 0.4) is 0 Å². The van der Waals surface area contributed by atoms with Crippen molar-refractivity contribution in [2.75, 3.05) is 0 Å². The molecule has 266 valence electrons. The summed E-state index contributed by atoms with van der Waals surface area (Å²) < 4.78 is 7.14. The Labute approximate surface area is 328 Å². The van der Waals surface area contributed by atoms with E-state index in [4.69, 9.17) is 4.98 Å². The van der Waals surface area contributed by atoms with Gasteiger partial charge < -0.3 is 9.13 Å². The van der Waals surface area contributed by atoms with Crippen LogP contribution in [0.2, 0.25) is 0 Å². The van der Waals surface area contributed by atoms with Crippen molar-refractivity contribution in [3.63, 3.8) is 0 Å². The van der Waals surface area contributed by atoms with Crippen molar-refractivity contribution in [3.05, 3.63) is 200 Å². The van der Waals surface area contributed by atoms with Crippen LogP contribution >= 0.6 is 0 Å². The highest BCUT2D eigenvalue weighted by Gasteiger charge is 2.19. The van der Waals surface area contributed by atoms with E-state index >= 15 is 0 Å². The Hall–Kier alpha value is -7.76. The molecule has 57 heavy (non-hydrogen) atoms. The third-order valence-corrected chi connectivity index (χ3v) is 11.6. The topological polar surface area (TPSA) is 40.6 Å². The number of hydrogen-bond acceptors (Lipinski definition) is 2. The number of hydrogen-bond donors (Lipinski definition) is 0. The zero-order chi connectivity index (χ0) is 37.5. The third-order valence-electron chi connectivity index (χ3n) is 11.6. The normalized spacial score (nSPS) is 11.9. The minimum atomic E-state index is 0.875. The molecule has 0 amide bonds. The Balaban J connectivity index is 1.06. The van der Waals surface area contributed by atoms with Gasteiger partial charge in [-0.3, -0.25) is 9.55 Å². The summed E-state index contributed by atoms with van der Waals surface area (Å²) in [5.74, 6) is 0.875. The van der Waals surface area contributed by atoms with Crippen LogP contribution < -0.4 is 0 Å². The maximum atomic E-state index is 5.00. The number of benzene rings is 7. The lowest BCUT2D eigenvalue weighted by atomic mass is 10.0. The molecule has 0 N–H and O–H groups in total. The molecule has 0 radical (unpaired) electrons. The Morgan fingerprint density at radius 1 is 0.281 bits per heavy atom. The fraction of sp³-hybridized carbons (Fsp3) is 0. The van der Waals surface area contributed by atoms with Crippen LogP contribution in [-0.2, 0) is 0 Å². The average Bonchev–Trinajstić information content (AvgIpc) is 3.92. The van der Waals surface area contributed by atoms with Crippen molar-refractivity contribution >= 4 is 65.4 Å². The van der Waals surface area contributed by atoms with Gasteiger partial charge in [-0.25, -0.2) is 4.98 Å². The highest BCUT2D eigenvalue weighted by Crippen LogP contribution is 2.39. The predicted molar refractivity (Wildman–Crippen MR) is 236 cm³/mol. The summed E-state index contributed by atoms with van der Waals surface area (Å²) in [6.07, 6.45) is 3.76. The second-order valence-corrected chi connectivity index (χ2v) is 14.7. The first-order chi connectivity index (χ1) is 28.3. The molecule has 5 heterocycles. The van der Waals surface area contributed by atoms with Crippen molar-refractivity contribution in [2.24, 2.45) is 0 Å². The molecule has 5 nitrogen and oxygen atoms in total. The number of fused-ring (bicyclic) bond motifs is 9. The van der Waals surface area contributed by atoms with Gasteiger partial charge in [-0.1, -0.05) is 115 Å². The van der Waals surface area contributed by atoms with E-state index in [1.807, 2.05) is 30.6 Å². The molecule has 0 aliphatic rings. The lowest BCUT2D eigenvalue weighted by Gasteiger charge is -2.13. The molecule has 12 aromatic rings. The van der Waals surface area contributed by atoms with Gasteiger partial charge in [-0.05, 0) is 83.9 Å². The standard InChI is InChI=1S/C52H33N5/c1-5-16-46-39(11-1)40-12-2-6-17-47(40)55(46)37-24-26-43-41-13-3-7-18-48(41)56(50(43)32-37)38-25-27-44-42-14-4-8-19-49(42)57(51(44)33-38)52-31-36(28-30-54-52)34-20-22-35(23-21-34)45-15-9-10-29-53-45/h1-33H. The molecule has 0 atom stereocenters. The quantitative estimate of drug-likeness (QED) is 0.177. The SMILES string of the molecule is c1ccc(-c2ccc(-c3ccnc(-n4c5ccccc5c5ccc(-n6c7ccccc7c7ccc(-n8c9ccccc9c9ccccc98)cc76)cc54)c3)cc2)nc1. The van der Waals surface area contributed by atoms with E-state index in [0.717, 1.165) is 56.1 Å². The number of rotatable bonds is 5. The summed E-state index contributed by atoms with van der Waals surface area (Å²) in [6, 6.07) is 67.5. The van der Waals surface area contributed by atoms with Gasteiger partial charge >= 0.3 is 0 Å². The first kappa shape index (κ1) is 31.6. The molecule has 0 aliphatic heterocycles. The number of aromatic nitrogens is 5. The van der Waals surface area contributed by atoms with E-state index in [9.17, 15) is 0 Å². The Kier molecular flexibility index (Phi) is 6.86. The molecule has 0 spiro atoms. The van der Waals surface area contributed by atoms with Crippen molar-refractivity contribution in [2.45, 2.75) is 0 Å². The second kappa shape index (κ2) is 12.4. The first-order valence-electron chi connectivity index (χ1n) is 19.3. The highest BCUT2D eigenvalue weighted by molar-refractivity contribution is 6.13. The third kappa shape index (κ3) is 4.82. The molecule has 0 unspecified atom stereocenters. The zero-order valence-corrected chi connectivity index (χ0v) is 30.8. The minimum Gasteiger partial charge on any atom is -0.309 e. The summed E-state index contributed by atoms with van der Waals surface area (Å²) in [5.41, 5.74) is 13.5. The van der Waals surface area contributed by atoms with Crippen LogP contribution in [0, 0.1) is 0 Å². The van der Waals surface area contributed by atoms with E-state index in [-0.39, 0.29) is 0 Å². The fourth-order valence-corrected chi connectivity index (χ4v) is 9.01. The van der Waals surface area contributed by atoms with Gasteiger partial charge in [0.05, 0.1) is 38.8 Å². The van der Waals surface area contributed by atoms with Crippen LogP contribution in [0.15, 0.2) is 200 Å². The summed E-state index contributed by atoms with van der Waals surface area (Å²) in [5, 5.41) is 7.34. The predicted octanol–water partition coefficient (Wildman–Crippen LogP) is 13.1. The molecule has 0 aliphatic carbocycles. The smallest absolute Gasteiger partial charge is 0.138 e. The lowest BCUT2D eigenvalue weighted by molar-refractivity contribution is 1.08. The number of pyridine rings is 2. The Morgan fingerprint density at radius 2 is 0.737 bits per heavy atom. The molecule has 0 fully saturated rings. The largest absolute Gasteiger partial charge is 0.309 e. The summed E-state index contributed by atoms with van der Waals surface area (Å²) >= 11 is 0. The molecular weight excluding hydrogens is 695 g/mol. The van der Waals surface area contributed by atoms with E-state index in [0.29, 0.717) is 0 Å². The summed E-state index contributed by atoms with van der Waals surface area (Å²) in [4.78, 5) is 9.54. The van der Waals surface area contributed by atoms with Gasteiger partial charge in [-0.2, -0.15) is 0 Å². The van der Waals surface area contributed by atoms with Gasteiger partial charge in [0.15, 0.2) is 0 Å². The number of para-hydroxylation sites is 4. The number of nitrogens with zero attached hydrogens (tertiary/aromatic N) is 5. The van der Waals surface area contributed by atoms with E-state index in [1.54, 1.807) is 0 Å². The van der Waals surface area contributed by atoms with E-state index in [2.05, 4.69) is 189 Å².